The van der Waals surface area contributed by atoms with E-state index in [0.717, 1.165) is 17.4 Å². The van der Waals surface area contributed by atoms with Crippen LogP contribution in [-0.4, -0.2) is 45.7 Å². The van der Waals surface area contributed by atoms with Crippen LogP contribution in [0.1, 0.15) is 23.5 Å². The summed E-state index contributed by atoms with van der Waals surface area (Å²) in [5, 5.41) is 0. The van der Waals surface area contributed by atoms with Crippen molar-refractivity contribution in [1.82, 2.24) is 4.31 Å². The Balaban J connectivity index is 1.88. The number of nitrogens with two attached hydrogens (primary N) is 1. The van der Waals surface area contributed by atoms with Crippen LogP contribution < -0.4 is 5.73 Å². The van der Waals surface area contributed by atoms with Crippen LogP contribution in [-0.2, 0) is 26.4 Å². The molecule has 3 rings (SSSR count). The van der Waals surface area contributed by atoms with Gasteiger partial charge in [0.05, 0.1) is 16.9 Å². The van der Waals surface area contributed by atoms with Crippen molar-refractivity contribution in [3.8, 4) is 0 Å². The molecule has 2 N–H and O–H groups in total. The summed E-state index contributed by atoms with van der Waals surface area (Å²) in [4.78, 5) is 0.182. The molecule has 1 aliphatic heterocycles. The van der Waals surface area contributed by atoms with Gasteiger partial charge in [0.2, 0.25) is 10.0 Å². The predicted octanol–water partition coefficient (Wildman–Crippen LogP) is 1.74. The van der Waals surface area contributed by atoms with E-state index >= 15 is 0 Å². The minimum atomic E-state index is -3.64. The third-order valence-corrected chi connectivity index (χ3v) is 8.06. The van der Waals surface area contributed by atoms with Crippen LogP contribution in [0.25, 0.3) is 0 Å². The molecule has 2 aromatic carbocycles. The largest absolute Gasteiger partial charge is 0.326 e. The van der Waals surface area contributed by atoms with E-state index in [2.05, 4.69) is 0 Å². The fourth-order valence-corrected chi connectivity index (χ4v) is 6.51. The highest BCUT2D eigenvalue weighted by Gasteiger charge is 2.40. The molecule has 1 heterocycles. The molecule has 0 saturated carbocycles. The topological polar surface area (TPSA) is 97.5 Å². The quantitative estimate of drug-likeness (QED) is 0.785. The van der Waals surface area contributed by atoms with Crippen LogP contribution in [0.3, 0.4) is 0 Å². The lowest BCUT2D eigenvalue weighted by atomic mass is 9.97. The summed E-state index contributed by atoms with van der Waals surface area (Å²) in [6.45, 7) is 0.546. The normalized spacial score (nSPS) is 21.4. The summed E-state index contributed by atoms with van der Waals surface area (Å²) in [6.07, 6.45) is 1.61. The molecular formula is C19H24N2O4S2. The first-order chi connectivity index (χ1) is 12.7. The second kappa shape index (κ2) is 7.71. The average Bonchev–Trinajstić information content (AvgIpc) is 3.06. The number of nitrogens with zero attached hydrogens (tertiary/aromatic N) is 1. The van der Waals surface area contributed by atoms with Crippen molar-refractivity contribution < 1.29 is 16.8 Å². The molecule has 8 heteroatoms. The van der Waals surface area contributed by atoms with Gasteiger partial charge in [-0.05, 0) is 35.6 Å². The highest BCUT2D eigenvalue weighted by atomic mass is 32.2. The highest BCUT2D eigenvalue weighted by Crippen LogP contribution is 2.34. The van der Waals surface area contributed by atoms with Gasteiger partial charge in [-0.25, -0.2) is 16.8 Å². The van der Waals surface area contributed by atoms with E-state index in [1.54, 1.807) is 18.2 Å². The summed E-state index contributed by atoms with van der Waals surface area (Å²) in [7, 11) is -7.15. The monoisotopic (exact) mass is 408 g/mol. The minimum Gasteiger partial charge on any atom is -0.326 e. The Labute approximate surface area is 161 Å². The van der Waals surface area contributed by atoms with Gasteiger partial charge in [0, 0.05) is 19.1 Å². The minimum absolute atomic E-state index is 0.0171. The van der Waals surface area contributed by atoms with Crippen molar-refractivity contribution in [3.05, 3.63) is 65.7 Å². The molecule has 0 aromatic heterocycles. The summed E-state index contributed by atoms with van der Waals surface area (Å²) in [5.74, 6) is -0.256. The number of sulfone groups is 1. The van der Waals surface area contributed by atoms with Gasteiger partial charge < -0.3 is 5.73 Å². The van der Waals surface area contributed by atoms with Crippen molar-refractivity contribution in [2.24, 2.45) is 5.73 Å². The van der Waals surface area contributed by atoms with E-state index < -0.39 is 25.9 Å². The van der Waals surface area contributed by atoms with E-state index in [1.165, 1.54) is 10.4 Å². The van der Waals surface area contributed by atoms with E-state index in [-0.39, 0.29) is 23.1 Å². The third kappa shape index (κ3) is 4.57. The zero-order chi connectivity index (χ0) is 19.7. The van der Waals surface area contributed by atoms with Gasteiger partial charge in [0.25, 0.3) is 0 Å². The second-order valence-electron chi connectivity index (χ2n) is 6.96. The Morgan fingerprint density at radius 1 is 1.04 bits per heavy atom. The average molecular weight is 409 g/mol. The van der Waals surface area contributed by atoms with Crippen LogP contribution >= 0.6 is 0 Å². The van der Waals surface area contributed by atoms with E-state index in [0.29, 0.717) is 13.0 Å². The lowest BCUT2D eigenvalue weighted by Crippen LogP contribution is -2.39. The van der Waals surface area contributed by atoms with Gasteiger partial charge in [-0.15, -0.1) is 0 Å². The van der Waals surface area contributed by atoms with Crippen molar-refractivity contribution in [1.29, 1.82) is 0 Å². The van der Waals surface area contributed by atoms with Crippen LogP contribution in [0, 0.1) is 0 Å². The fraction of sp³-hybridized carbons (Fsp3) is 0.368. The van der Waals surface area contributed by atoms with Crippen molar-refractivity contribution in [2.75, 3.05) is 18.6 Å². The van der Waals surface area contributed by atoms with Crippen LogP contribution in [0.2, 0.25) is 0 Å². The zero-order valence-electron chi connectivity index (χ0n) is 15.2. The SMILES string of the molecule is CS(=O)(=O)N1C[C@H](c2ccccc2)C[C@@H]1CS(=O)(=O)c1cccc(CN)c1. The van der Waals surface area contributed by atoms with Crippen LogP contribution in [0.4, 0.5) is 0 Å². The lowest BCUT2D eigenvalue weighted by molar-refractivity contribution is 0.410. The molecule has 6 nitrogen and oxygen atoms in total. The van der Waals surface area contributed by atoms with Gasteiger partial charge in [-0.1, -0.05) is 42.5 Å². The maximum absolute atomic E-state index is 12.9. The molecule has 0 bridgehead atoms. The van der Waals surface area contributed by atoms with Crippen molar-refractivity contribution in [2.45, 2.75) is 29.8 Å². The molecule has 146 valence electrons. The van der Waals surface area contributed by atoms with E-state index in [4.69, 9.17) is 5.73 Å². The van der Waals surface area contributed by atoms with Gasteiger partial charge in [-0.2, -0.15) is 4.31 Å². The Kier molecular flexibility index (Phi) is 5.71. The molecule has 2 atom stereocenters. The van der Waals surface area contributed by atoms with Crippen molar-refractivity contribution >= 4 is 19.9 Å². The van der Waals surface area contributed by atoms with Gasteiger partial charge in [0.1, 0.15) is 0 Å². The maximum Gasteiger partial charge on any atom is 0.211 e. The molecule has 1 fully saturated rings. The molecule has 27 heavy (non-hydrogen) atoms. The number of rotatable bonds is 6. The molecule has 0 amide bonds. The Morgan fingerprint density at radius 2 is 1.74 bits per heavy atom. The molecule has 0 aliphatic carbocycles. The van der Waals surface area contributed by atoms with Gasteiger partial charge in [0.15, 0.2) is 9.84 Å². The number of sulfonamides is 1. The van der Waals surface area contributed by atoms with Gasteiger partial charge >= 0.3 is 0 Å². The number of hydrogen-bond acceptors (Lipinski definition) is 5. The standard InChI is InChI=1S/C19H24N2O4S2/c1-26(22,23)21-13-17(16-7-3-2-4-8-16)11-18(21)14-27(24,25)19-9-5-6-15(10-19)12-20/h2-10,17-18H,11-14,20H2,1H3/t17-,18-/m1/s1. The van der Waals surface area contributed by atoms with E-state index in [1.807, 2.05) is 30.3 Å². The molecular weight excluding hydrogens is 384 g/mol. The van der Waals surface area contributed by atoms with Crippen molar-refractivity contribution in [3.63, 3.8) is 0 Å². The first kappa shape index (κ1) is 20.0. The van der Waals surface area contributed by atoms with Crippen LogP contribution in [0.15, 0.2) is 59.5 Å². The summed E-state index contributed by atoms with van der Waals surface area (Å²) in [6, 6.07) is 15.5. The first-order valence-electron chi connectivity index (χ1n) is 8.74. The smallest absolute Gasteiger partial charge is 0.211 e. The second-order valence-corrected chi connectivity index (χ2v) is 10.9. The summed E-state index contributed by atoms with van der Waals surface area (Å²) in [5.41, 5.74) is 7.36. The predicted molar refractivity (Wildman–Crippen MR) is 106 cm³/mol. The molecule has 0 spiro atoms. The summed E-state index contributed by atoms with van der Waals surface area (Å²) < 4.78 is 51.7. The Bertz CT molecular complexity index is 1010. The molecule has 1 saturated heterocycles. The van der Waals surface area contributed by atoms with Crippen LogP contribution in [0.5, 0.6) is 0 Å². The lowest BCUT2D eigenvalue weighted by Gasteiger charge is -2.22. The molecule has 0 unspecified atom stereocenters. The Morgan fingerprint density at radius 3 is 2.37 bits per heavy atom. The number of benzene rings is 2. The fourth-order valence-electron chi connectivity index (χ4n) is 3.63. The maximum atomic E-state index is 12.9. The zero-order valence-corrected chi connectivity index (χ0v) is 16.8. The Hall–Kier alpha value is -1.74. The highest BCUT2D eigenvalue weighted by molar-refractivity contribution is 7.91. The van der Waals surface area contributed by atoms with E-state index in [9.17, 15) is 16.8 Å². The molecule has 1 aliphatic rings. The summed E-state index contributed by atoms with van der Waals surface area (Å²) >= 11 is 0. The molecule has 0 radical (unpaired) electrons. The molecule has 2 aromatic rings. The first-order valence-corrected chi connectivity index (χ1v) is 12.2. The number of hydrogen-bond donors (Lipinski definition) is 1. The van der Waals surface area contributed by atoms with Gasteiger partial charge in [-0.3, -0.25) is 0 Å². The third-order valence-electron chi connectivity index (χ3n) is 4.97.